The Morgan fingerprint density at radius 2 is 2.47 bits per heavy atom. The highest BCUT2D eigenvalue weighted by atomic mass is 32.1. The number of ether oxygens (including phenoxy) is 1. The summed E-state index contributed by atoms with van der Waals surface area (Å²) in [5.41, 5.74) is 0.221. The van der Waals surface area contributed by atoms with E-state index in [9.17, 15) is 4.79 Å². The minimum absolute atomic E-state index is 0.155. The Morgan fingerprint density at radius 3 is 3.16 bits per heavy atom. The van der Waals surface area contributed by atoms with E-state index in [1.54, 1.807) is 11.4 Å². The largest absolute Gasteiger partial charge is 0.465 e. The second kappa shape index (κ2) is 4.69. The lowest BCUT2D eigenvalue weighted by Crippen LogP contribution is -2.22. The molecule has 0 aliphatic rings. The van der Waals surface area contributed by atoms with Crippen molar-refractivity contribution < 1.29 is 10.5 Å². The van der Waals surface area contributed by atoms with Crippen LogP contribution in [0.25, 0.3) is 5.88 Å². The van der Waals surface area contributed by atoms with Gasteiger partial charge in [0.1, 0.15) is 6.61 Å². The molecule has 3 aromatic rings. The summed E-state index contributed by atoms with van der Waals surface area (Å²) >= 11 is 1.23. The molecule has 0 saturated carbocycles. The fourth-order valence-corrected chi connectivity index (χ4v) is 1.89. The van der Waals surface area contributed by atoms with Crippen LogP contribution >= 0.6 is 11.3 Å². The maximum Gasteiger partial charge on any atom is 0.370 e. The van der Waals surface area contributed by atoms with Crippen LogP contribution in [0.3, 0.4) is 0 Å². The van der Waals surface area contributed by atoms with Gasteiger partial charge in [0.05, 0.1) is 13.2 Å². The van der Waals surface area contributed by atoms with Crippen molar-refractivity contribution in [2.45, 2.75) is 6.61 Å². The first-order valence-electron chi connectivity index (χ1n) is 5.76. The van der Waals surface area contributed by atoms with Gasteiger partial charge in [-0.1, -0.05) is 11.3 Å². The number of aryl methyl sites for hydroxylation is 1. The average molecular weight is 281 g/mol. The van der Waals surface area contributed by atoms with Crippen LogP contribution in [0.2, 0.25) is 0 Å². The van der Waals surface area contributed by atoms with Gasteiger partial charge in [-0.25, -0.2) is 9.78 Å². The molecule has 98 valence electrons. The SMILES string of the molecule is [3H]c1csc(OCc2ccoc2-n2nnn(C)c2=O)n1. The number of hydrogen-bond acceptors (Lipinski definition) is 7. The van der Waals surface area contributed by atoms with Crippen molar-refractivity contribution in [3.05, 3.63) is 39.9 Å². The van der Waals surface area contributed by atoms with Crippen molar-refractivity contribution in [2.75, 3.05) is 0 Å². The molecule has 0 bridgehead atoms. The topological polar surface area (TPSA) is 88.0 Å². The van der Waals surface area contributed by atoms with E-state index in [4.69, 9.17) is 10.5 Å². The number of nitrogens with zero attached hydrogens (tertiary/aromatic N) is 5. The molecular formula is C10H9N5O3S. The first kappa shape index (κ1) is 10.5. The molecule has 3 aromatic heterocycles. The fraction of sp³-hybridized carbons (Fsp3) is 0.200. The van der Waals surface area contributed by atoms with Crippen molar-refractivity contribution in [2.24, 2.45) is 7.05 Å². The zero-order valence-corrected chi connectivity index (χ0v) is 10.6. The third-order valence-corrected chi connectivity index (χ3v) is 2.99. The number of thiazole rings is 1. The van der Waals surface area contributed by atoms with Crippen molar-refractivity contribution in [3.8, 4) is 11.1 Å². The third kappa shape index (κ3) is 2.15. The minimum Gasteiger partial charge on any atom is -0.465 e. The first-order valence-corrected chi connectivity index (χ1v) is 6.14. The van der Waals surface area contributed by atoms with Crippen molar-refractivity contribution in [1.29, 1.82) is 0 Å². The van der Waals surface area contributed by atoms with E-state index in [1.807, 2.05) is 0 Å². The number of tetrazole rings is 1. The number of hydrogen-bond donors (Lipinski definition) is 0. The lowest BCUT2D eigenvalue weighted by atomic mass is 10.3. The number of rotatable bonds is 4. The fourth-order valence-electron chi connectivity index (χ4n) is 1.45. The molecule has 0 amide bonds. The monoisotopic (exact) mass is 281 g/mol. The molecule has 0 aromatic carbocycles. The molecule has 0 aliphatic carbocycles. The van der Waals surface area contributed by atoms with E-state index in [0.29, 0.717) is 10.8 Å². The average Bonchev–Trinajstić information content (AvgIpc) is 3.11. The summed E-state index contributed by atoms with van der Waals surface area (Å²) in [6, 6.07) is 1.67. The van der Waals surface area contributed by atoms with Crippen molar-refractivity contribution >= 4 is 11.3 Å². The molecule has 19 heavy (non-hydrogen) atoms. The van der Waals surface area contributed by atoms with Gasteiger partial charge in [-0.05, 0) is 16.5 Å². The molecule has 0 unspecified atom stereocenters. The Kier molecular flexibility index (Phi) is 2.59. The highest BCUT2D eigenvalue weighted by Crippen LogP contribution is 2.19. The van der Waals surface area contributed by atoms with Crippen LogP contribution in [0.4, 0.5) is 0 Å². The van der Waals surface area contributed by atoms with Crippen LogP contribution in [0.15, 0.2) is 33.1 Å². The smallest absolute Gasteiger partial charge is 0.370 e. The van der Waals surface area contributed by atoms with E-state index < -0.39 is 5.69 Å². The normalized spacial score (nSPS) is 11.5. The van der Waals surface area contributed by atoms with E-state index in [0.717, 1.165) is 9.36 Å². The standard InChI is InChI=1S/C10H9N5O3S/c1-14-10(16)15(13-12-14)8-7(2-4-17-8)6-18-9-11-3-5-19-9/h2-5H,6H2,1H3/i3T. The maximum absolute atomic E-state index is 11.8. The van der Waals surface area contributed by atoms with Gasteiger partial charge in [0, 0.05) is 18.6 Å². The zero-order chi connectivity index (χ0) is 14.1. The highest BCUT2D eigenvalue weighted by molar-refractivity contribution is 7.11. The molecule has 0 aliphatic heterocycles. The Morgan fingerprint density at radius 1 is 1.58 bits per heavy atom. The van der Waals surface area contributed by atoms with Gasteiger partial charge in [0.15, 0.2) is 0 Å². The summed E-state index contributed by atoms with van der Waals surface area (Å²) in [5, 5.41) is 9.27. The number of aromatic nitrogens is 5. The second-order valence-electron chi connectivity index (χ2n) is 3.58. The van der Waals surface area contributed by atoms with E-state index in [-0.39, 0.29) is 18.7 Å². The molecule has 0 radical (unpaired) electrons. The van der Waals surface area contributed by atoms with E-state index in [1.165, 1.54) is 24.6 Å². The summed E-state index contributed by atoms with van der Waals surface area (Å²) in [5.74, 6) is 0.255. The quantitative estimate of drug-likeness (QED) is 0.695. The Labute approximate surface area is 112 Å². The van der Waals surface area contributed by atoms with Gasteiger partial charge < -0.3 is 9.15 Å². The van der Waals surface area contributed by atoms with Gasteiger partial charge in [0.25, 0.3) is 5.19 Å². The van der Waals surface area contributed by atoms with Crippen LogP contribution in [-0.2, 0) is 13.7 Å². The molecule has 8 nitrogen and oxygen atoms in total. The molecule has 0 N–H and O–H groups in total. The van der Waals surface area contributed by atoms with Crippen LogP contribution in [-0.4, -0.2) is 24.8 Å². The molecule has 3 heterocycles. The predicted molar refractivity (Wildman–Crippen MR) is 65.3 cm³/mol. The second-order valence-corrected chi connectivity index (χ2v) is 4.40. The van der Waals surface area contributed by atoms with E-state index >= 15 is 0 Å². The van der Waals surface area contributed by atoms with Gasteiger partial charge in [-0.3, -0.25) is 0 Å². The summed E-state index contributed by atoms with van der Waals surface area (Å²) in [6.07, 6.45) is 1.59. The maximum atomic E-state index is 11.8. The highest BCUT2D eigenvalue weighted by Gasteiger charge is 2.15. The van der Waals surface area contributed by atoms with Gasteiger partial charge in [0.2, 0.25) is 5.88 Å². The Hall–Kier alpha value is -2.42. The van der Waals surface area contributed by atoms with Gasteiger partial charge in [-0.2, -0.15) is 4.68 Å². The van der Waals surface area contributed by atoms with Crippen LogP contribution in [0.1, 0.15) is 6.93 Å². The summed E-state index contributed by atoms with van der Waals surface area (Å²) in [6.45, 7) is 0.155. The van der Waals surface area contributed by atoms with Crippen LogP contribution in [0, 0.1) is 0 Å². The zero-order valence-electron chi connectivity index (χ0n) is 10.8. The van der Waals surface area contributed by atoms with Crippen molar-refractivity contribution in [1.82, 2.24) is 24.8 Å². The summed E-state index contributed by atoms with van der Waals surface area (Å²) in [7, 11) is 1.50. The third-order valence-electron chi connectivity index (χ3n) is 2.36. The Balaban J connectivity index is 1.83. The minimum atomic E-state index is -0.413. The van der Waals surface area contributed by atoms with Crippen LogP contribution < -0.4 is 10.4 Å². The van der Waals surface area contributed by atoms with Gasteiger partial charge in [-0.15, -0.1) is 4.68 Å². The molecule has 0 fully saturated rings. The number of furan rings is 1. The molecule has 0 spiro atoms. The molecule has 9 heteroatoms. The lowest BCUT2D eigenvalue weighted by Gasteiger charge is -2.01. The van der Waals surface area contributed by atoms with Crippen LogP contribution in [0.5, 0.6) is 5.19 Å². The molecule has 3 rings (SSSR count). The lowest BCUT2D eigenvalue weighted by molar-refractivity contribution is 0.301. The van der Waals surface area contributed by atoms with E-state index in [2.05, 4.69) is 15.4 Å². The van der Waals surface area contributed by atoms with Crippen molar-refractivity contribution in [3.63, 3.8) is 0 Å². The summed E-state index contributed by atoms with van der Waals surface area (Å²) in [4.78, 5) is 15.6. The molecule has 0 saturated heterocycles. The molecular weight excluding hydrogens is 270 g/mol. The first-order chi connectivity index (χ1) is 9.65. The van der Waals surface area contributed by atoms with Gasteiger partial charge >= 0.3 is 5.69 Å². The molecule has 0 atom stereocenters. The predicted octanol–water partition coefficient (Wildman–Crippen LogP) is 0.594. The Bertz CT molecular complexity index is 789. The summed E-state index contributed by atoms with van der Waals surface area (Å²) < 4.78 is 20.1.